The standard InChI is InChI=1S/C13H17NO2/c1-3-10-14-12-7-5-4-6-11(12)8-9-13(15)16-2/h3-7,14H,1,8-10H2,2H3. The van der Waals surface area contributed by atoms with Gasteiger partial charge in [0, 0.05) is 18.7 Å². The summed E-state index contributed by atoms with van der Waals surface area (Å²) in [5.41, 5.74) is 2.17. The van der Waals surface area contributed by atoms with Crippen molar-refractivity contribution in [3.05, 3.63) is 42.5 Å². The second kappa shape index (κ2) is 6.67. The van der Waals surface area contributed by atoms with Gasteiger partial charge in [-0.15, -0.1) is 6.58 Å². The van der Waals surface area contributed by atoms with Gasteiger partial charge in [-0.25, -0.2) is 0 Å². The van der Waals surface area contributed by atoms with E-state index in [-0.39, 0.29) is 5.97 Å². The summed E-state index contributed by atoms with van der Waals surface area (Å²) < 4.78 is 4.62. The quantitative estimate of drug-likeness (QED) is 0.589. The van der Waals surface area contributed by atoms with Crippen LogP contribution in [0.5, 0.6) is 0 Å². The van der Waals surface area contributed by atoms with Crippen molar-refractivity contribution in [2.45, 2.75) is 12.8 Å². The fraction of sp³-hybridized carbons (Fsp3) is 0.308. The second-order valence-corrected chi connectivity index (χ2v) is 3.40. The summed E-state index contributed by atoms with van der Waals surface area (Å²) in [6.45, 7) is 4.37. The Bertz CT molecular complexity index is 361. The predicted molar refractivity (Wildman–Crippen MR) is 65.5 cm³/mol. The van der Waals surface area contributed by atoms with Crippen LogP contribution in [-0.4, -0.2) is 19.6 Å². The average Bonchev–Trinajstić information content (AvgIpc) is 2.34. The van der Waals surface area contributed by atoms with E-state index >= 15 is 0 Å². The lowest BCUT2D eigenvalue weighted by molar-refractivity contribution is -0.140. The monoisotopic (exact) mass is 219 g/mol. The van der Waals surface area contributed by atoms with Gasteiger partial charge in [-0.3, -0.25) is 4.79 Å². The van der Waals surface area contributed by atoms with Gasteiger partial charge < -0.3 is 10.1 Å². The third-order valence-corrected chi connectivity index (χ3v) is 2.28. The largest absolute Gasteiger partial charge is 0.469 e. The van der Waals surface area contributed by atoms with Gasteiger partial charge >= 0.3 is 5.97 Å². The van der Waals surface area contributed by atoms with Crippen molar-refractivity contribution in [1.29, 1.82) is 0 Å². The molecule has 16 heavy (non-hydrogen) atoms. The van der Waals surface area contributed by atoms with Gasteiger partial charge in [0.25, 0.3) is 0 Å². The first-order valence-corrected chi connectivity index (χ1v) is 5.27. The summed E-state index contributed by atoms with van der Waals surface area (Å²) in [7, 11) is 1.41. The minimum absolute atomic E-state index is 0.182. The van der Waals surface area contributed by atoms with Crippen molar-refractivity contribution in [3.63, 3.8) is 0 Å². The van der Waals surface area contributed by atoms with Crippen molar-refractivity contribution in [3.8, 4) is 0 Å². The molecule has 0 aromatic heterocycles. The van der Waals surface area contributed by atoms with E-state index in [9.17, 15) is 4.79 Å². The van der Waals surface area contributed by atoms with Crippen LogP contribution in [0.4, 0.5) is 5.69 Å². The maximum Gasteiger partial charge on any atom is 0.305 e. The molecule has 86 valence electrons. The SMILES string of the molecule is C=CCNc1ccccc1CCC(=O)OC. The molecule has 1 aromatic rings. The lowest BCUT2D eigenvalue weighted by atomic mass is 10.1. The van der Waals surface area contributed by atoms with E-state index in [1.165, 1.54) is 7.11 Å². The van der Waals surface area contributed by atoms with Gasteiger partial charge in [0.2, 0.25) is 0 Å². The van der Waals surface area contributed by atoms with E-state index in [0.29, 0.717) is 12.8 Å². The van der Waals surface area contributed by atoms with Crippen molar-refractivity contribution < 1.29 is 9.53 Å². The lowest BCUT2D eigenvalue weighted by Gasteiger charge is -2.09. The highest BCUT2D eigenvalue weighted by Crippen LogP contribution is 2.16. The number of methoxy groups -OCH3 is 1. The van der Waals surface area contributed by atoms with Gasteiger partial charge in [-0.2, -0.15) is 0 Å². The molecule has 1 rings (SSSR count). The number of nitrogens with one attached hydrogen (secondary N) is 1. The molecule has 0 bridgehead atoms. The molecule has 0 aliphatic carbocycles. The van der Waals surface area contributed by atoms with Crippen LogP contribution in [0, 0.1) is 0 Å². The molecule has 0 atom stereocenters. The molecular formula is C13H17NO2. The van der Waals surface area contributed by atoms with Crippen molar-refractivity contribution in [2.75, 3.05) is 19.0 Å². The third kappa shape index (κ3) is 3.77. The first-order valence-electron chi connectivity index (χ1n) is 5.27. The summed E-state index contributed by atoms with van der Waals surface area (Å²) >= 11 is 0. The molecule has 0 fully saturated rings. The summed E-state index contributed by atoms with van der Waals surface area (Å²) in [6.07, 6.45) is 2.90. The minimum atomic E-state index is -0.182. The molecule has 1 aromatic carbocycles. The minimum Gasteiger partial charge on any atom is -0.469 e. The molecule has 0 aliphatic heterocycles. The summed E-state index contributed by atoms with van der Waals surface area (Å²) in [5, 5.41) is 3.23. The smallest absolute Gasteiger partial charge is 0.305 e. The second-order valence-electron chi connectivity index (χ2n) is 3.40. The summed E-state index contributed by atoms with van der Waals surface area (Å²) in [4.78, 5) is 11.1. The number of carbonyl (C=O) groups excluding carboxylic acids is 1. The third-order valence-electron chi connectivity index (χ3n) is 2.28. The Hall–Kier alpha value is -1.77. The van der Waals surface area contributed by atoms with E-state index in [0.717, 1.165) is 17.8 Å². The Morgan fingerprint density at radius 3 is 2.94 bits per heavy atom. The number of para-hydroxylation sites is 1. The van der Waals surface area contributed by atoms with Crippen molar-refractivity contribution in [1.82, 2.24) is 0 Å². The highest BCUT2D eigenvalue weighted by molar-refractivity contribution is 5.70. The van der Waals surface area contributed by atoms with Crippen LogP contribution in [-0.2, 0) is 16.0 Å². The highest BCUT2D eigenvalue weighted by Gasteiger charge is 2.04. The molecule has 3 heteroatoms. The molecule has 1 N–H and O–H groups in total. The van der Waals surface area contributed by atoms with Gasteiger partial charge in [-0.1, -0.05) is 24.3 Å². The molecule has 0 saturated heterocycles. The Morgan fingerprint density at radius 2 is 2.25 bits per heavy atom. The van der Waals surface area contributed by atoms with E-state index in [1.54, 1.807) is 6.08 Å². The first-order chi connectivity index (χ1) is 7.77. The van der Waals surface area contributed by atoms with Crippen LogP contribution in [0.25, 0.3) is 0 Å². The number of aryl methyl sites for hydroxylation is 1. The zero-order valence-corrected chi connectivity index (χ0v) is 9.53. The highest BCUT2D eigenvalue weighted by atomic mass is 16.5. The van der Waals surface area contributed by atoms with Crippen molar-refractivity contribution >= 4 is 11.7 Å². The van der Waals surface area contributed by atoms with E-state index in [2.05, 4.69) is 16.6 Å². The molecule has 0 saturated carbocycles. The van der Waals surface area contributed by atoms with E-state index < -0.39 is 0 Å². The fourth-order valence-corrected chi connectivity index (χ4v) is 1.43. The van der Waals surface area contributed by atoms with Gasteiger partial charge in [-0.05, 0) is 18.1 Å². The van der Waals surface area contributed by atoms with Crippen LogP contribution < -0.4 is 5.32 Å². The molecule has 0 spiro atoms. The maximum absolute atomic E-state index is 11.1. The average molecular weight is 219 g/mol. The Kier molecular flexibility index (Phi) is 5.12. The zero-order chi connectivity index (χ0) is 11.8. The van der Waals surface area contributed by atoms with Gasteiger partial charge in [0.05, 0.1) is 7.11 Å². The van der Waals surface area contributed by atoms with Gasteiger partial charge in [0.1, 0.15) is 0 Å². The van der Waals surface area contributed by atoms with Crippen LogP contribution in [0.2, 0.25) is 0 Å². The number of benzene rings is 1. The normalized spacial score (nSPS) is 9.56. The fourth-order valence-electron chi connectivity index (χ4n) is 1.43. The van der Waals surface area contributed by atoms with Crippen LogP contribution in [0.1, 0.15) is 12.0 Å². The number of anilines is 1. The number of carbonyl (C=O) groups is 1. The zero-order valence-electron chi connectivity index (χ0n) is 9.53. The number of esters is 1. The summed E-state index contributed by atoms with van der Waals surface area (Å²) in [5.74, 6) is -0.182. The predicted octanol–water partition coefficient (Wildman–Crippen LogP) is 2.39. The Labute approximate surface area is 96.1 Å². The molecule has 0 unspecified atom stereocenters. The van der Waals surface area contributed by atoms with Crippen LogP contribution in [0.15, 0.2) is 36.9 Å². The van der Waals surface area contributed by atoms with Crippen molar-refractivity contribution in [2.24, 2.45) is 0 Å². The molecule has 0 amide bonds. The molecule has 3 nitrogen and oxygen atoms in total. The Morgan fingerprint density at radius 1 is 1.50 bits per heavy atom. The topological polar surface area (TPSA) is 38.3 Å². The van der Waals surface area contributed by atoms with Crippen LogP contribution >= 0.6 is 0 Å². The molecular weight excluding hydrogens is 202 g/mol. The number of hydrogen-bond donors (Lipinski definition) is 1. The molecule has 0 heterocycles. The molecule has 0 radical (unpaired) electrons. The first kappa shape index (κ1) is 12.3. The number of hydrogen-bond acceptors (Lipinski definition) is 3. The van der Waals surface area contributed by atoms with E-state index in [1.807, 2.05) is 24.3 Å². The Balaban J connectivity index is 2.63. The molecule has 0 aliphatic rings. The number of rotatable bonds is 6. The lowest BCUT2D eigenvalue weighted by Crippen LogP contribution is -2.05. The number of ether oxygens (including phenoxy) is 1. The van der Waals surface area contributed by atoms with Gasteiger partial charge in [0.15, 0.2) is 0 Å². The summed E-state index contributed by atoms with van der Waals surface area (Å²) in [6, 6.07) is 7.93. The van der Waals surface area contributed by atoms with Crippen LogP contribution in [0.3, 0.4) is 0 Å². The van der Waals surface area contributed by atoms with E-state index in [4.69, 9.17) is 0 Å². The maximum atomic E-state index is 11.1.